The Morgan fingerprint density at radius 1 is 1.09 bits per heavy atom. The maximum absolute atomic E-state index is 13.5. The monoisotopic (exact) mass is 495 g/mol. The Balaban J connectivity index is 1.43. The van der Waals surface area contributed by atoms with E-state index in [0.29, 0.717) is 11.5 Å². The number of hydrogen-bond donors (Lipinski definition) is 0. The molecule has 7 nitrogen and oxygen atoms in total. The third-order valence-corrected chi connectivity index (χ3v) is 8.91. The van der Waals surface area contributed by atoms with Gasteiger partial charge in [0.2, 0.25) is 5.91 Å². The van der Waals surface area contributed by atoms with E-state index in [0.717, 1.165) is 48.1 Å². The molecule has 9 heteroatoms. The number of benzene rings is 2. The summed E-state index contributed by atoms with van der Waals surface area (Å²) in [5.74, 6) is 1.22. The van der Waals surface area contributed by atoms with E-state index in [2.05, 4.69) is 12.0 Å². The number of nitrogens with zero attached hydrogens (tertiary/aromatic N) is 3. The highest BCUT2D eigenvalue weighted by molar-refractivity contribution is 7.92. The summed E-state index contributed by atoms with van der Waals surface area (Å²) in [7, 11) is -2.97. The van der Waals surface area contributed by atoms with Gasteiger partial charge in [-0.25, -0.2) is 12.8 Å². The molecule has 6 rings (SSSR count). The molecule has 1 aromatic heterocycles. The Morgan fingerprint density at radius 2 is 1.83 bits per heavy atom. The van der Waals surface area contributed by atoms with E-state index in [1.54, 1.807) is 23.0 Å². The highest BCUT2D eigenvalue weighted by Crippen LogP contribution is 2.46. The van der Waals surface area contributed by atoms with E-state index in [-0.39, 0.29) is 41.2 Å². The number of anilines is 1. The van der Waals surface area contributed by atoms with Crippen molar-refractivity contribution in [1.82, 2.24) is 9.78 Å². The molecule has 1 amide bonds. The van der Waals surface area contributed by atoms with Crippen molar-refractivity contribution in [1.29, 1.82) is 0 Å². The molecule has 0 radical (unpaired) electrons. The van der Waals surface area contributed by atoms with Crippen LogP contribution in [0, 0.1) is 11.7 Å². The second kappa shape index (κ2) is 8.19. The lowest BCUT2D eigenvalue weighted by Crippen LogP contribution is -2.43. The first-order chi connectivity index (χ1) is 16.8. The standard InChI is InChI=1S/C26H26FN3O4S/c1-16-2-9-23-24(30(16)26(31)17-3-4-17)11-10-22(25(23)34-21-7-5-19(27)6-8-21)18-12-28-29(13-18)20-14-35(32,33)15-20/h5-8,10-13,16-17,20H,2-4,9,14-15H2,1H3/t16-/m0/s1. The number of amides is 1. The number of rotatable bonds is 5. The number of halogens is 1. The lowest BCUT2D eigenvalue weighted by atomic mass is 9.92. The SMILES string of the molecule is C[C@H]1CCc2c(ccc(-c3cnn(C4CS(=O)(=O)C4)c3)c2Oc2ccc(F)cc2)N1C(=O)C1CC1. The first kappa shape index (κ1) is 22.3. The third-order valence-electron chi connectivity index (χ3n) is 7.13. The quantitative estimate of drug-likeness (QED) is 0.520. The molecule has 0 bridgehead atoms. The summed E-state index contributed by atoms with van der Waals surface area (Å²) >= 11 is 0. The maximum Gasteiger partial charge on any atom is 0.230 e. The minimum atomic E-state index is -2.97. The summed E-state index contributed by atoms with van der Waals surface area (Å²) in [5.41, 5.74) is 3.40. The van der Waals surface area contributed by atoms with Gasteiger partial charge in [0.1, 0.15) is 17.3 Å². The van der Waals surface area contributed by atoms with Gasteiger partial charge in [-0.3, -0.25) is 9.48 Å². The molecule has 1 aliphatic carbocycles. The highest BCUT2D eigenvalue weighted by Gasteiger charge is 2.39. The van der Waals surface area contributed by atoms with Crippen LogP contribution in [0.2, 0.25) is 0 Å². The first-order valence-electron chi connectivity index (χ1n) is 12.0. The molecule has 3 aromatic rings. The van der Waals surface area contributed by atoms with Gasteiger partial charge >= 0.3 is 0 Å². The Kier molecular flexibility index (Phi) is 5.21. The normalized spacial score (nSPS) is 21.3. The summed E-state index contributed by atoms with van der Waals surface area (Å²) in [6.07, 6.45) is 6.98. The summed E-state index contributed by atoms with van der Waals surface area (Å²) in [6.45, 7) is 2.08. The minimum Gasteiger partial charge on any atom is -0.456 e. The fraction of sp³-hybridized carbons (Fsp3) is 0.385. The molecule has 182 valence electrons. The van der Waals surface area contributed by atoms with Gasteiger partial charge in [-0.2, -0.15) is 5.10 Å². The molecule has 1 saturated heterocycles. The summed E-state index contributed by atoms with van der Waals surface area (Å²) in [4.78, 5) is 15.1. The Bertz CT molecular complexity index is 1400. The Labute approximate surface area is 203 Å². The number of hydrogen-bond acceptors (Lipinski definition) is 5. The lowest BCUT2D eigenvalue weighted by Gasteiger charge is -2.36. The van der Waals surface area contributed by atoms with Gasteiger partial charge in [-0.05, 0) is 69.0 Å². The largest absolute Gasteiger partial charge is 0.456 e. The van der Waals surface area contributed by atoms with Gasteiger partial charge in [0, 0.05) is 34.8 Å². The summed E-state index contributed by atoms with van der Waals surface area (Å²) in [5, 5.41) is 4.42. The zero-order chi connectivity index (χ0) is 24.3. The van der Waals surface area contributed by atoms with Crippen LogP contribution in [0.1, 0.15) is 37.8 Å². The number of aromatic nitrogens is 2. The van der Waals surface area contributed by atoms with Crippen molar-refractivity contribution in [3.63, 3.8) is 0 Å². The maximum atomic E-state index is 13.5. The van der Waals surface area contributed by atoms with Crippen molar-refractivity contribution in [2.24, 2.45) is 5.92 Å². The predicted molar refractivity (Wildman–Crippen MR) is 130 cm³/mol. The fourth-order valence-corrected chi connectivity index (χ4v) is 6.38. The molecule has 1 atom stereocenters. The molecule has 2 aliphatic heterocycles. The molecule has 3 aliphatic rings. The van der Waals surface area contributed by atoms with Crippen LogP contribution >= 0.6 is 0 Å². The highest BCUT2D eigenvalue weighted by atomic mass is 32.2. The van der Waals surface area contributed by atoms with E-state index in [9.17, 15) is 17.6 Å². The summed E-state index contributed by atoms with van der Waals surface area (Å²) < 4.78 is 44.9. The first-order valence-corrected chi connectivity index (χ1v) is 13.8. The second-order valence-corrected chi connectivity index (χ2v) is 12.0. The molecule has 2 aromatic carbocycles. The number of carbonyl (C=O) groups is 1. The van der Waals surface area contributed by atoms with E-state index in [4.69, 9.17) is 4.74 Å². The van der Waals surface area contributed by atoms with Crippen LogP contribution in [0.25, 0.3) is 11.1 Å². The van der Waals surface area contributed by atoms with Crippen LogP contribution in [-0.2, 0) is 21.1 Å². The Morgan fingerprint density at radius 3 is 2.51 bits per heavy atom. The molecule has 0 unspecified atom stereocenters. The van der Waals surface area contributed by atoms with Gasteiger partial charge in [-0.1, -0.05) is 0 Å². The van der Waals surface area contributed by atoms with Crippen molar-refractivity contribution < 1.29 is 22.3 Å². The van der Waals surface area contributed by atoms with E-state index >= 15 is 0 Å². The molecule has 0 spiro atoms. The fourth-order valence-electron chi connectivity index (χ4n) is 5.00. The van der Waals surface area contributed by atoms with E-state index in [1.165, 1.54) is 12.1 Å². The van der Waals surface area contributed by atoms with Crippen molar-refractivity contribution in [3.8, 4) is 22.6 Å². The average Bonchev–Trinajstić information content (AvgIpc) is 3.56. The van der Waals surface area contributed by atoms with Crippen LogP contribution in [0.4, 0.5) is 10.1 Å². The van der Waals surface area contributed by atoms with Crippen molar-refractivity contribution in [3.05, 3.63) is 60.2 Å². The van der Waals surface area contributed by atoms with Crippen LogP contribution in [0.15, 0.2) is 48.8 Å². The number of fused-ring (bicyclic) bond motifs is 1. The molecule has 3 heterocycles. The Hall–Kier alpha value is -3.20. The average molecular weight is 496 g/mol. The predicted octanol–water partition coefficient (Wildman–Crippen LogP) is 4.53. The number of carbonyl (C=O) groups excluding carboxylic acids is 1. The van der Waals surface area contributed by atoms with E-state index < -0.39 is 9.84 Å². The van der Waals surface area contributed by atoms with Gasteiger partial charge in [-0.15, -0.1) is 0 Å². The molecular weight excluding hydrogens is 469 g/mol. The molecule has 2 fully saturated rings. The zero-order valence-corrected chi connectivity index (χ0v) is 20.2. The molecular formula is C26H26FN3O4S. The number of sulfone groups is 1. The molecule has 1 saturated carbocycles. The van der Waals surface area contributed by atoms with Gasteiger partial charge in [0.25, 0.3) is 0 Å². The van der Waals surface area contributed by atoms with Crippen LogP contribution in [0.5, 0.6) is 11.5 Å². The lowest BCUT2D eigenvalue weighted by molar-refractivity contribution is -0.120. The van der Waals surface area contributed by atoms with Crippen molar-refractivity contribution >= 4 is 21.4 Å². The van der Waals surface area contributed by atoms with Crippen LogP contribution in [-0.4, -0.2) is 41.7 Å². The topological polar surface area (TPSA) is 81.5 Å². The second-order valence-electron chi connectivity index (χ2n) is 9.81. The smallest absolute Gasteiger partial charge is 0.230 e. The van der Waals surface area contributed by atoms with Gasteiger partial charge < -0.3 is 9.64 Å². The third kappa shape index (κ3) is 4.11. The molecule has 0 N–H and O–H groups in total. The molecule has 35 heavy (non-hydrogen) atoms. The van der Waals surface area contributed by atoms with E-state index in [1.807, 2.05) is 23.2 Å². The van der Waals surface area contributed by atoms with Gasteiger partial charge in [0.15, 0.2) is 9.84 Å². The van der Waals surface area contributed by atoms with Crippen LogP contribution < -0.4 is 9.64 Å². The summed E-state index contributed by atoms with van der Waals surface area (Å²) in [6, 6.07) is 9.71. The minimum absolute atomic E-state index is 0.0906. The van der Waals surface area contributed by atoms with Gasteiger partial charge in [0.05, 0.1) is 29.4 Å². The van der Waals surface area contributed by atoms with Crippen molar-refractivity contribution in [2.45, 2.75) is 44.7 Å². The van der Waals surface area contributed by atoms with Crippen LogP contribution in [0.3, 0.4) is 0 Å². The zero-order valence-electron chi connectivity index (χ0n) is 19.4. The number of ether oxygens (including phenoxy) is 1. The van der Waals surface area contributed by atoms with Crippen molar-refractivity contribution in [2.75, 3.05) is 16.4 Å².